The molecule has 3 nitrogen and oxygen atoms in total. The van der Waals surface area contributed by atoms with Gasteiger partial charge in [0.2, 0.25) is 0 Å². The van der Waals surface area contributed by atoms with Crippen LogP contribution in [0.1, 0.15) is 27.2 Å². The molecule has 0 fully saturated rings. The number of nitrogens with two attached hydrogens (primary N) is 1. The molecule has 1 atom stereocenters. The molecule has 0 spiro atoms. The Balaban J connectivity index is 2.28. The van der Waals surface area contributed by atoms with Gasteiger partial charge >= 0.3 is 0 Å². The van der Waals surface area contributed by atoms with Crippen LogP contribution in [-0.4, -0.2) is 18.5 Å². The van der Waals surface area contributed by atoms with Crippen LogP contribution in [0.4, 0.5) is 10.1 Å². The lowest BCUT2D eigenvalue weighted by Gasteiger charge is -2.31. The second-order valence-corrected chi connectivity index (χ2v) is 5.94. The van der Waals surface area contributed by atoms with Crippen LogP contribution in [0.2, 0.25) is 0 Å². The van der Waals surface area contributed by atoms with Crippen LogP contribution in [0.5, 0.6) is 0 Å². The van der Waals surface area contributed by atoms with Crippen LogP contribution in [0.3, 0.4) is 0 Å². The maximum atomic E-state index is 13.9. The fourth-order valence-corrected chi connectivity index (χ4v) is 2.37. The van der Waals surface area contributed by atoms with E-state index in [-0.39, 0.29) is 17.3 Å². The zero-order valence-corrected chi connectivity index (χ0v) is 11.2. The molecule has 2 rings (SSSR count). The van der Waals surface area contributed by atoms with Gasteiger partial charge in [-0.3, -0.25) is 4.99 Å². The monoisotopic (exact) mass is 249 g/mol. The van der Waals surface area contributed by atoms with E-state index in [1.165, 1.54) is 6.07 Å². The lowest BCUT2D eigenvalue weighted by Crippen LogP contribution is -2.43. The number of halogens is 1. The summed E-state index contributed by atoms with van der Waals surface area (Å²) < 4.78 is 13.9. The minimum atomic E-state index is -0.253. The number of guanidine groups is 1. The molecule has 0 aliphatic carbocycles. The molecule has 0 aromatic heterocycles. The fraction of sp³-hybridized carbons (Fsp3) is 0.500. The average molecular weight is 249 g/mol. The van der Waals surface area contributed by atoms with Gasteiger partial charge in [-0.05, 0) is 24.0 Å². The van der Waals surface area contributed by atoms with E-state index in [9.17, 15) is 4.39 Å². The zero-order valence-electron chi connectivity index (χ0n) is 11.2. The normalized spacial score (nSPS) is 20.1. The first-order chi connectivity index (χ1) is 8.38. The minimum absolute atomic E-state index is 0.141. The van der Waals surface area contributed by atoms with Crippen LogP contribution in [0, 0.1) is 11.2 Å². The molecule has 1 aromatic carbocycles. The van der Waals surface area contributed by atoms with Crippen LogP contribution >= 0.6 is 0 Å². The van der Waals surface area contributed by atoms with E-state index in [0.29, 0.717) is 18.2 Å². The van der Waals surface area contributed by atoms with Gasteiger partial charge in [0.05, 0.1) is 18.3 Å². The fourth-order valence-electron chi connectivity index (χ4n) is 2.37. The third-order valence-corrected chi connectivity index (χ3v) is 3.04. The molecule has 18 heavy (non-hydrogen) atoms. The molecule has 4 heteroatoms. The van der Waals surface area contributed by atoms with Crippen LogP contribution in [0.25, 0.3) is 0 Å². The number of hydrogen-bond acceptors (Lipinski definition) is 3. The Morgan fingerprint density at radius 1 is 1.39 bits per heavy atom. The van der Waals surface area contributed by atoms with Crippen LogP contribution < -0.4 is 10.6 Å². The van der Waals surface area contributed by atoms with Gasteiger partial charge in [-0.15, -0.1) is 0 Å². The summed E-state index contributed by atoms with van der Waals surface area (Å²) in [6.45, 7) is 7.14. The smallest absolute Gasteiger partial charge is 0.196 e. The maximum absolute atomic E-state index is 13.9. The van der Waals surface area contributed by atoms with Gasteiger partial charge in [-0.2, -0.15) is 0 Å². The highest BCUT2D eigenvalue weighted by Crippen LogP contribution is 2.30. The number of aliphatic imine (C=N–C) groups is 1. The molecule has 0 radical (unpaired) electrons. The standard InChI is InChI=1S/C14H20FN3/c1-14(2,3)8-10-9-17-13(16)18(10)12-7-5-4-6-11(12)15/h4-7,10H,8-9H2,1-3H3,(H2,16,17). The predicted octanol–water partition coefficient (Wildman–Crippen LogP) is 2.77. The van der Waals surface area contributed by atoms with Crippen LogP contribution in [-0.2, 0) is 0 Å². The highest BCUT2D eigenvalue weighted by Gasteiger charge is 2.32. The van der Waals surface area contributed by atoms with Crippen molar-refractivity contribution in [2.45, 2.75) is 33.2 Å². The third kappa shape index (κ3) is 2.63. The number of nitrogens with zero attached hydrogens (tertiary/aromatic N) is 2. The molecule has 2 N–H and O–H groups in total. The molecule has 1 aliphatic rings. The lowest BCUT2D eigenvalue weighted by atomic mass is 9.87. The van der Waals surface area contributed by atoms with Crippen molar-refractivity contribution < 1.29 is 4.39 Å². The summed E-state index contributed by atoms with van der Waals surface area (Å²) in [5.41, 5.74) is 6.58. The maximum Gasteiger partial charge on any atom is 0.196 e. The Kier molecular flexibility index (Phi) is 3.28. The first-order valence-corrected chi connectivity index (χ1v) is 6.22. The molecule has 0 saturated heterocycles. The van der Waals surface area contributed by atoms with Gasteiger partial charge in [0.1, 0.15) is 5.82 Å². The Labute approximate surface area is 108 Å². The summed E-state index contributed by atoms with van der Waals surface area (Å²) in [5, 5.41) is 0. The quantitative estimate of drug-likeness (QED) is 0.875. The number of benzene rings is 1. The number of hydrogen-bond donors (Lipinski definition) is 1. The summed E-state index contributed by atoms with van der Waals surface area (Å²) >= 11 is 0. The van der Waals surface area contributed by atoms with Crippen molar-refractivity contribution in [1.82, 2.24) is 0 Å². The average Bonchev–Trinajstić information content (AvgIpc) is 2.59. The largest absolute Gasteiger partial charge is 0.370 e. The van der Waals surface area contributed by atoms with E-state index >= 15 is 0 Å². The molecule has 1 heterocycles. The van der Waals surface area contributed by atoms with Crippen LogP contribution in [0.15, 0.2) is 29.3 Å². The van der Waals surface area contributed by atoms with Crippen molar-refractivity contribution in [2.24, 2.45) is 16.1 Å². The van der Waals surface area contributed by atoms with Gasteiger partial charge in [0, 0.05) is 0 Å². The molecular formula is C14H20FN3. The van der Waals surface area contributed by atoms with Crippen molar-refractivity contribution >= 4 is 11.6 Å². The summed E-state index contributed by atoms with van der Waals surface area (Å²) in [6, 6.07) is 6.84. The van der Waals surface area contributed by atoms with Crippen molar-refractivity contribution in [3.05, 3.63) is 30.1 Å². The second kappa shape index (κ2) is 4.59. The molecule has 1 aliphatic heterocycles. The number of rotatable bonds is 2. The highest BCUT2D eigenvalue weighted by molar-refractivity contribution is 5.97. The van der Waals surface area contributed by atoms with Crippen molar-refractivity contribution in [1.29, 1.82) is 0 Å². The Hall–Kier alpha value is -1.58. The van der Waals surface area contributed by atoms with Gasteiger partial charge < -0.3 is 10.6 Å². The van der Waals surface area contributed by atoms with Crippen molar-refractivity contribution in [3.8, 4) is 0 Å². The van der Waals surface area contributed by atoms with E-state index < -0.39 is 0 Å². The Morgan fingerprint density at radius 2 is 2.06 bits per heavy atom. The van der Waals surface area contributed by atoms with Gasteiger partial charge in [0.25, 0.3) is 0 Å². The summed E-state index contributed by atoms with van der Waals surface area (Å²) in [4.78, 5) is 6.07. The highest BCUT2D eigenvalue weighted by atomic mass is 19.1. The number of para-hydroxylation sites is 1. The van der Waals surface area contributed by atoms with E-state index in [2.05, 4.69) is 25.8 Å². The van der Waals surface area contributed by atoms with E-state index in [1.54, 1.807) is 12.1 Å². The minimum Gasteiger partial charge on any atom is -0.370 e. The zero-order chi connectivity index (χ0) is 13.3. The third-order valence-electron chi connectivity index (χ3n) is 3.04. The van der Waals surface area contributed by atoms with Gasteiger partial charge in [-0.1, -0.05) is 32.9 Å². The lowest BCUT2D eigenvalue weighted by molar-refractivity contribution is 0.346. The molecule has 1 aromatic rings. The summed E-state index contributed by atoms with van der Waals surface area (Å²) in [6.07, 6.45) is 0.922. The number of anilines is 1. The predicted molar refractivity (Wildman–Crippen MR) is 73.2 cm³/mol. The Morgan fingerprint density at radius 3 is 2.67 bits per heavy atom. The molecular weight excluding hydrogens is 229 g/mol. The molecule has 0 bridgehead atoms. The van der Waals surface area contributed by atoms with Crippen molar-refractivity contribution in [3.63, 3.8) is 0 Å². The van der Waals surface area contributed by atoms with Gasteiger partial charge in [-0.25, -0.2) is 4.39 Å². The molecule has 1 unspecified atom stereocenters. The second-order valence-electron chi connectivity index (χ2n) is 5.94. The van der Waals surface area contributed by atoms with Crippen molar-refractivity contribution in [2.75, 3.05) is 11.4 Å². The summed E-state index contributed by atoms with van der Waals surface area (Å²) in [5.74, 6) is 0.158. The Bertz CT molecular complexity index is 462. The molecule has 0 amide bonds. The van der Waals surface area contributed by atoms with E-state index in [4.69, 9.17) is 5.73 Å². The summed E-state index contributed by atoms with van der Waals surface area (Å²) in [7, 11) is 0. The molecule has 0 saturated carbocycles. The molecule has 98 valence electrons. The van der Waals surface area contributed by atoms with E-state index in [1.807, 2.05) is 11.0 Å². The first kappa shape index (κ1) is 12.9. The SMILES string of the molecule is CC(C)(C)CC1CN=C(N)N1c1ccccc1F. The topological polar surface area (TPSA) is 41.6 Å². The van der Waals surface area contributed by atoms with E-state index in [0.717, 1.165) is 6.42 Å². The van der Waals surface area contributed by atoms with Gasteiger partial charge in [0.15, 0.2) is 5.96 Å². The first-order valence-electron chi connectivity index (χ1n) is 6.22.